The molecule has 24 heavy (non-hydrogen) atoms. The maximum atomic E-state index is 11.5. The molecule has 2 aromatic rings. The number of carboxylic acid groups (broad SMARTS) is 1. The molecule has 6 heteroatoms. The molecule has 2 N–H and O–H groups in total. The Balaban J connectivity index is 1.70. The third-order valence-corrected chi connectivity index (χ3v) is 2.94. The van der Waals surface area contributed by atoms with Gasteiger partial charge < -0.3 is 15.2 Å². The van der Waals surface area contributed by atoms with Crippen LogP contribution in [0.3, 0.4) is 0 Å². The van der Waals surface area contributed by atoms with Gasteiger partial charge in [-0.3, -0.25) is 0 Å². The van der Waals surface area contributed by atoms with Gasteiger partial charge in [0.1, 0.15) is 12.3 Å². The summed E-state index contributed by atoms with van der Waals surface area (Å²) in [7, 11) is 0. The molecule has 0 aliphatic rings. The van der Waals surface area contributed by atoms with E-state index >= 15 is 0 Å². The molecule has 0 radical (unpaired) electrons. The van der Waals surface area contributed by atoms with Crippen molar-refractivity contribution in [3.63, 3.8) is 0 Å². The summed E-state index contributed by atoms with van der Waals surface area (Å²) in [5, 5.41) is 11.4. The molecule has 0 fully saturated rings. The van der Waals surface area contributed by atoms with Gasteiger partial charge in [0.15, 0.2) is 0 Å². The van der Waals surface area contributed by atoms with E-state index in [0.717, 1.165) is 5.56 Å². The molecule has 0 bridgehead atoms. The van der Waals surface area contributed by atoms with Crippen molar-refractivity contribution in [2.24, 2.45) is 0 Å². The number of ether oxygens (including phenoxy) is 1. The van der Waals surface area contributed by atoms with Gasteiger partial charge in [-0.25, -0.2) is 14.6 Å². The SMILES string of the molecule is O=C(NCCC#Cc1ccnc(C(=O)O)c1)OCc1ccccc1. The molecule has 0 atom stereocenters. The van der Waals surface area contributed by atoms with Gasteiger partial charge in [-0.2, -0.15) is 0 Å². The van der Waals surface area contributed by atoms with Crippen molar-refractivity contribution in [1.82, 2.24) is 10.3 Å². The normalized spacial score (nSPS) is 9.50. The van der Waals surface area contributed by atoms with Crippen molar-refractivity contribution in [3.05, 3.63) is 65.5 Å². The smallest absolute Gasteiger partial charge is 0.407 e. The minimum absolute atomic E-state index is 0.0515. The van der Waals surface area contributed by atoms with Gasteiger partial charge >= 0.3 is 12.1 Å². The van der Waals surface area contributed by atoms with Crippen LogP contribution in [-0.4, -0.2) is 28.7 Å². The summed E-state index contributed by atoms with van der Waals surface area (Å²) >= 11 is 0. The molecule has 0 aliphatic carbocycles. The van der Waals surface area contributed by atoms with Gasteiger partial charge in [0, 0.05) is 24.7 Å². The van der Waals surface area contributed by atoms with E-state index in [0.29, 0.717) is 18.5 Å². The summed E-state index contributed by atoms with van der Waals surface area (Å²) in [6.45, 7) is 0.560. The largest absolute Gasteiger partial charge is 0.477 e. The minimum atomic E-state index is -1.10. The predicted octanol–water partition coefficient (Wildman–Crippen LogP) is 2.45. The highest BCUT2D eigenvalue weighted by Crippen LogP contribution is 2.01. The maximum Gasteiger partial charge on any atom is 0.407 e. The van der Waals surface area contributed by atoms with Crippen LogP contribution in [-0.2, 0) is 11.3 Å². The molecule has 1 amide bonds. The van der Waals surface area contributed by atoms with Crippen LogP contribution in [0.1, 0.15) is 28.0 Å². The van der Waals surface area contributed by atoms with Crippen molar-refractivity contribution >= 4 is 12.1 Å². The number of amides is 1. The van der Waals surface area contributed by atoms with Gasteiger partial charge in [0.2, 0.25) is 0 Å². The van der Waals surface area contributed by atoms with E-state index in [-0.39, 0.29) is 12.3 Å². The number of benzene rings is 1. The van der Waals surface area contributed by atoms with Crippen molar-refractivity contribution in [2.45, 2.75) is 13.0 Å². The first-order valence-electron chi connectivity index (χ1n) is 7.28. The van der Waals surface area contributed by atoms with E-state index in [1.807, 2.05) is 30.3 Å². The minimum Gasteiger partial charge on any atom is -0.477 e. The Bertz CT molecular complexity index is 763. The lowest BCUT2D eigenvalue weighted by Gasteiger charge is -2.05. The zero-order valence-electron chi connectivity index (χ0n) is 12.9. The fraction of sp³-hybridized carbons (Fsp3) is 0.167. The monoisotopic (exact) mass is 324 g/mol. The summed E-state index contributed by atoms with van der Waals surface area (Å²) in [5.74, 6) is 4.59. The van der Waals surface area contributed by atoms with Crippen LogP contribution < -0.4 is 5.32 Å². The average molecular weight is 324 g/mol. The Labute approximate surface area is 139 Å². The number of carbonyl (C=O) groups excluding carboxylic acids is 1. The Kier molecular flexibility index (Phi) is 6.35. The van der Waals surface area contributed by atoms with E-state index in [1.54, 1.807) is 6.07 Å². The first-order valence-corrected chi connectivity index (χ1v) is 7.28. The van der Waals surface area contributed by atoms with E-state index in [9.17, 15) is 9.59 Å². The highest BCUT2D eigenvalue weighted by Gasteiger charge is 2.03. The number of carboxylic acids is 1. The molecule has 0 saturated carbocycles. The maximum absolute atomic E-state index is 11.5. The summed E-state index contributed by atoms with van der Waals surface area (Å²) < 4.78 is 5.06. The van der Waals surface area contributed by atoms with Crippen molar-refractivity contribution in [1.29, 1.82) is 0 Å². The zero-order valence-corrected chi connectivity index (χ0v) is 12.9. The number of carbonyl (C=O) groups is 2. The van der Waals surface area contributed by atoms with E-state index < -0.39 is 12.1 Å². The molecular formula is C18H16N2O4. The van der Waals surface area contributed by atoms with Crippen LogP contribution in [0.2, 0.25) is 0 Å². The average Bonchev–Trinajstić information content (AvgIpc) is 2.61. The third kappa shape index (κ3) is 5.81. The number of aromatic nitrogens is 1. The molecule has 0 spiro atoms. The first-order chi connectivity index (χ1) is 11.6. The Morgan fingerprint density at radius 2 is 2.00 bits per heavy atom. The van der Waals surface area contributed by atoms with Crippen LogP contribution in [0, 0.1) is 11.8 Å². The topological polar surface area (TPSA) is 88.5 Å². The molecule has 0 unspecified atom stereocenters. The fourth-order valence-electron chi connectivity index (χ4n) is 1.79. The van der Waals surface area contributed by atoms with Crippen LogP contribution in [0.15, 0.2) is 48.7 Å². The van der Waals surface area contributed by atoms with Crippen LogP contribution in [0.5, 0.6) is 0 Å². The lowest BCUT2D eigenvalue weighted by Crippen LogP contribution is -2.24. The van der Waals surface area contributed by atoms with Gasteiger partial charge in [-0.05, 0) is 17.7 Å². The second-order valence-corrected chi connectivity index (χ2v) is 4.78. The Morgan fingerprint density at radius 3 is 2.75 bits per heavy atom. The zero-order chi connectivity index (χ0) is 17.2. The van der Waals surface area contributed by atoms with E-state index in [1.165, 1.54) is 12.3 Å². The number of rotatable bonds is 5. The van der Waals surface area contributed by atoms with E-state index in [4.69, 9.17) is 9.84 Å². The standard InChI is InChI=1S/C18H16N2O4/c21-17(22)16-12-14(9-11-19-16)6-4-5-10-20-18(23)24-13-15-7-2-1-3-8-15/h1-3,7-9,11-12H,5,10,13H2,(H,20,23)(H,21,22). The van der Waals surface area contributed by atoms with Crippen LogP contribution >= 0.6 is 0 Å². The number of alkyl carbamates (subject to hydrolysis) is 1. The van der Waals surface area contributed by atoms with E-state index in [2.05, 4.69) is 22.1 Å². The number of aromatic carboxylic acids is 1. The van der Waals surface area contributed by atoms with Crippen LogP contribution in [0.25, 0.3) is 0 Å². The molecule has 6 nitrogen and oxygen atoms in total. The summed E-state index contributed by atoms with van der Waals surface area (Å²) in [4.78, 5) is 26.0. The highest BCUT2D eigenvalue weighted by atomic mass is 16.5. The fourth-order valence-corrected chi connectivity index (χ4v) is 1.79. The molecule has 1 heterocycles. The summed E-state index contributed by atoms with van der Waals surface area (Å²) in [5.41, 5.74) is 1.43. The van der Waals surface area contributed by atoms with Gasteiger partial charge in [-0.15, -0.1) is 0 Å². The van der Waals surface area contributed by atoms with Crippen LogP contribution in [0.4, 0.5) is 4.79 Å². The highest BCUT2D eigenvalue weighted by molar-refractivity contribution is 5.85. The van der Waals surface area contributed by atoms with Gasteiger partial charge in [0.05, 0.1) is 0 Å². The van der Waals surface area contributed by atoms with Crippen molar-refractivity contribution in [2.75, 3.05) is 6.54 Å². The molecule has 122 valence electrons. The number of nitrogens with one attached hydrogen (secondary N) is 1. The molecule has 0 aliphatic heterocycles. The van der Waals surface area contributed by atoms with Crippen molar-refractivity contribution < 1.29 is 19.4 Å². The van der Waals surface area contributed by atoms with Gasteiger partial charge in [-0.1, -0.05) is 42.2 Å². The first kappa shape index (κ1) is 17.0. The molecule has 0 saturated heterocycles. The van der Waals surface area contributed by atoms with Gasteiger partial charge in [0.25, 0.3) is 0 Å². The predicted molar refractivity (Wildman–Crippen MR) is 87.3 cm³/mol. The number of hydrogen-bond acceptors (Lipinski definition) is 4. The molecular weight excluding hydrogens is 308 g/mol. The molecule has 2 rings (SSSR count). The second kappa shape index (κ2) is 8.96. The number of nitrogens with zero attached hydrogens (tertiary/aromatic N) is 1. The number of pyridine rings is 1. The molecule has 1 aromatic carbocycles. The number of hydrogen-bond donors (Lipinski definition) is 2. The third-order valence-electron chi connectivity index (χ3n) is 2.94. The lowest BCUT2D eigenvalue weighted by molar-refractivity contribution is 0.0690. The Hall–Kier alpha value is -3.33. The lowest BCUT2D eigenvalue weighted by atomic mass is 10.2. The Morgan fingerprint density at radius 1 is 1.21 bits per heavy atom. The second-order valence-electron chi connectivity index (χ2n) is 4.78. The van der Waals surface area contributed by atoms with Crippen molar-refractivity contribution in [3.8, 4) is 11.8 Å². The summed E-state index contributed by atoms with van der Waals surface area (Å²) in [6.07, 6.45) is 1.32. The quantitative estimate of drug-likeness (QED) is 0.651. The molecule has 1 aromatic heterocycles. The summed E-state index contributed by atoms with van der Waals surface area (Å²) in [6, 6.07) is 12.4.